The van der Waals surface area contributed by atoms with Gasteiger partial charge in [-0.3, -0.25) is 0 Å². The van der Waals surface area contributed by atoms with Crippen LogP contribution in [0.5, 0.6) is 5.75 Å². The number of esters is 1. The highest BCUT2D eigenvalue weighted by molar-refractivity contribution is 5.91. The maximum atomic E-state index is 11.6. The van der Waals surface area contributed by atoms with Crippen molar-refractivity contribution in [3.63, 3.8) is 0 Å². The van der Waals surface area contributed by atoms with Crippen LogP contribution in [0.2, 0.25) is 0 Å². The van der Waals surface area contributed by atoms with Crippen molar-refractivity contribution in [3.05, 3.63) is 65.2 Å². The van der Waals surface area contributed by atoms with Crippen LogP contribution in [0.15, 0.2) is 48.5 Å². The number of carbonyl (C=O) groups excluding carboxylic acids is 1. The Balaban J connectivity index is 2.15. The number of benzene rings is 2. The first-order valence-corrected chi connectivity index (χ1v) is 6.07. The van der Waals surface area contributed by atoms with Gasteiger partial charge in [-0.25, -0.2) is 4.79 Å². The van der Waals surface area contributed by atoms with E-state index in [2.05, 4.69) is 0 Å². The molecular formula is C16H16O3. The molecule has 0 atom stereocenters. The molecule has 3 nitrogen and oxygen atoms in total. The molecule has 0 aliphatic carbocycles. The molecule has 0 spiro atoms. The van der Waals surface area contributed by atoms with Crippen LogP contribution >= 0.6 is 0 Å². The second kappa shape index (κ2) is 6.05. The van der Waals surface area contributed by atoms with Crippen molar-refractivity contribution in [2.24, 2.45) is 0 Å². The summed E-state index contributed by atoms with van der Waals surface area (Å²) in [7, 11) is 1.37. The zero-order valence-corrected chi connectivity index (χ0v) is 11.1. The molecule has 0 saturated carbocycles. The van der Waals surface area contributed by atoms with Gasteiger partial charge in [0, 0.05) is 5.56 Å². The summed E-state index contributed by atoms with van der Waals surface area (Å²) in [5.74, 6) is 0.356. The molecule has 0 saturated heterocycles. The predicted octanol–water partition coefficient (Wildman–Crippen LogP) is 3.36. The average molecular weight is 256 g/mol. The van der Waals surface area contributed by atoms with Gasteiger partial charge in [-0.05, 0) is 24.6 Å². The lowest BCUT2D eigenvalue weighted by Crippen LogP contribution is -2.05. The molecule has 0 N–H and O–H groups in total. The maximum absolute atomic E-state index is 11.6. The largest absolute Gasteiger partial charge is 0.489 e. The van der Waals surface area contributed by atoms with Crippen LogP contribution in [0.3, 0.4) is 0 Å². The van der Waals surface area contributed by atoms with Crippen LogP contribution in [-0.4, -0.2) is 13.1 Å². The summed E-state index contributed by atoms with van der Waals surface area (Å²) >= 11 is 0. The van der Waals surface area contributed by atoms with Gasteiger partial charge in [-0.1, -0.05) is 36.4 Å². The number of methoxy groups -OCH3 is 1. The van der Waals surface area contributed by atoms with E-state index in [-0.39, 0.29) is 5.97 Å². The first-order chi connectivity index (χ1) is 9.22. The molecule has 0 amide bonds. The van der Waals surface area contributed by atoms with Crippen LogP contribution in [0.4, 0.5) is 0 Å². The third-order valence-corrected chi connectivity index (χ3v) is 2.93. The van der Waals surface area contributed by atoms with Gasteiger partial charge in [-0.2, -0.15) is 0 Å². The average Bonchev–Trinajstić information content (AvgIpc) is 2.46. The minimum atomic E-state index is -0.345. The van der Waals surface area contributed by atoms with Gasteiger partial charge in [0.05, 0.1) is 12.7 Å². The van der Waals surface area contributed by atoms with Gasteiger partial charge in [0.15, 0.2) is 0 Å². The number of hydrogen-bond donors (Lipinski definition) is 0. The van der Waals surface area contributed by atoms with Gasteiger partial charge in [0.25, 0.3) is 0 Å². The highest BCUT2D eigenvalue weighted by atomic mass is 16.5. The first kappa shape index (κ1) is 13.1. The maximum Gasteiger partial charge on any atom is 0.338 e. The predicted molar refractivity (Wildman–Crippen MR) is 73.3 cm³/mol. The van der Waals surface area contributed by atoms with E-state index in [0.29, 0.717) is 17.9 Å². The van der Waals surface area contributed by atoms with E-state index in [1.165, 1.54) is 7.11 Å². The quantitative estimate of drug-likeness (QED) is 0.787. The molecular weight excluding hydrogens is 240 g/mol. The number of rotatable bonds is 4. The molecule has 0 radical (unpaired) electrons. The van der Waals surface area contributed by atoms with Crippen LogP contribution < -0.4 is 4.74 Å². The van der Waals surface area contributed by atoms with Crippen molar-refractivity contribution in [2.75, 3.05) is 7.11 Å². The lowest BCUT2D eigenvalue weighted by Gasteiger charge is -2.11. The lowest BCUT2D eigenvalue weighted by molar-refractivity contribution is 0.0599. The summed E-state index contributed by atoms with van der Waals surface area (Å²) in [5, 5.41) is 0. The SMILES string of the molecule is COC(=O)c1cccc(OCc2ccccc2)c1C. The Morgan fingerprint density at radius 2 is 1.79 bits per heavy atom. The van der Waals surface area contributed by atoms with Gasteiger partial charge < -0.3 is 9.47 Å². The van der Waals surface area contributed by atoms with E-state index in [4.69, 9.17) is 9.47 Å². The van der Waals surface area contributed by atoms with Crippen LogP contribution in [0.1, 0.15) is 21.5 Å². The monoisotopic (exact) mass is 256 g/mol. The first-order valence-electron chi connectivity index (χ1n) is 6.07. The fourth-order valence-electron chi connectivity index (χ4n) is 1.84. The highest BCUT2D eigenvalue weighted by Gasteiger charge is 2.12. The number of carbonyl (C=O) groups is 1. The summed E-state index contributed by atoms with van der Waals surface area (Å²) in [6, 6.07) is 15.3. The Morgan fingerprint density at radius 3 is 2.47 bits per heavy atom. The summed E-state index contributed by atoms with van der Waals surface area (Å²) < 4.78 is 10.5. The zero-order chi connectivity index (χ0) is 13.7. The minimum Gasteiger partial charge on any atom is -0.489 e. The smallest absolute Gasteiger partial charge is 0.338 e. The molecule has 19 heavy (non-hydrogen) atoms. The molecule has 0 heterocycles. The molecule has 98 valence electrons. The Bertz CT molecular complexity index is 561. The van der Waals surface area contributed by atoms with E-state index >= 15 is 0 Å². The molecule has 0 unspecified atom stereocenters. The molecule has 0 bridgehead atoms. The summed E-state index contributed by atoms with van der Waals surface area (Å²) in [5.41, 5.74) is 2.42. The van der Waals surface area contributed by atoms with E-state index < -0.39 is 0 Å². The standard InChI is InChI=1S/C16H16O3/c1-12-14(16(17)18-2)9-6-10-15(12)19-11-13-7-4-3-5-8-13/h3-10H,11H2,1-2H3. The molecule has 2 rings (SSSR count). The van der Waals surface area contributed by atoms with Crippen molar-refractivity contribution in [1.82, 2.24) is 0 Å². The van der Waals surface area contributed by atoms with Crippen molar-refractivity contribution in [1.29, 1.82) is 0 Å². The second-order valence-electron chi connectivity index (χ2n) is 4.19. The number of hydrogen-bond acceptors (Lipinski definition) is 3. The van der Waals surface area contributed by atoms with E-state index in [9.17, 15) is 4.79 Å². The number of ether oxygens (including phenoxy) is 2. The second-order valence-corrected chi connectivity index (χ2v) is 4.19. The topological polar surface area (TPSA) is 35.5 Å². The molecule has 3 heteroatoms. The van der Waals surface area contributed by atoms with Crippen LogP contribution in [0.25, 0.3) is 0 Å². The van der Waals surface area contributed by atoms with Gasteiger partial charge >= 0.3 is 5.97 Å². The Hall–Kier alpha value is -2.29. The van der Waals surface area contributed by atoms with Crippen molar-refractivity contribution in [2.45, 2.75) is 13.5 Å². The van der Waals surface area contributed by atoms with E-state index in [1.807, 2.05) is 43.3 Å². The summed E-state index contributed by atoms with van der Waals surface area (Å²) in [4.78, 5) is 11.6. The minimum absolute atomic E-state index is 0.345. The van der Waals surface area contributed by atoms with Crippen molar-refractivity contribution in [3.8, 4) is 5.75 Å². The Morgan fingerprint density at radius 1 is 1.05 bits per heavy atom. The van der Waals surface area contributed by atoms with Gasteiger partial charge in [-0.15, -0.1) is 0 Å². The summed E-state index contributed by atoms with van der Waals surface area (Å²) in [6.07, 6.45) is 0. The molecule has 2 aromatic carbocycles. The lowest BCUT2D eigenvalue weighted by atomic mass is 10.1. The third kappa shape index (κ3) is 3.13. The molecule has 2 aromatic rings. The van der Waals surface area contributed by atoms with E-state index in [1.54, 1.807) is 12.1 Å². The molecule has 0 fully saturated rings. The molecule has 0 aliphatic heterocycles. The third-order valence-electron chi connectivity index (χ3n) is 2.93. The van der Waals surface area contributed by atoms with Gasteiger partial charge in [0.1, 0.15) is 12.4 Å². The summed E-state index contributed by atoms with van der Waals surface area (Å²) in [6.45, 7) is 2.33. The van der Waals surface area contributed by atoms with E-state index in [0.717, 1.165) is 11.1 Å². The van der Waals surface area contributed by atoms with Gasteiger partial charge in [0.2, 0.25) is 0 Å². The zero-order valence-electron chi connectivity index (χ0n) is 11.1. The normalized spacial score (nSPS) is 10.0. The van der Waals surface area contributed by atoms with Crippen LogP contribution in [0, 0.1) is 6.92 Å². The molecule has 0 aliphatic rings. The van der Waals surface area contributed by atoms with Crippen molar-refractivity contribution < 1.29 is 14.3 Å². The van der Waals surface area contributed by atoms with Crippen molar-refractivity contribution >= 4 is 5.97 Å². The molecule has 0 aromatic heterocycles. The fourth-order valence-corrected chi connectivity index (χ4v) is 1.84. The highest BCUT2D eigenvalue weighted by Crippen LogP contribution is 2.23. The Labute approximate surface area is 112 Å². The fraction of sp³-hybridized carbons (Fsp3) is 0.188. The Kier molecular flexibility index (Phi) is 4.18. The van der Waals surface area contributed by atoms with Crippen LogP contribution in [-0.2, 0) is 11.3 Å².